The van der Waals surface area contributed by atoms with Crippen LogP contribution >= 0.6 is 0 Å². The van der Waals surface area contributed by atoms with Crippen molar-refractivity contribution in [2.24, 2.45) is 0 Å². The Kier molecular flexibility index (Phi) is 6.83. The lowest BCUT2D eigenvalue weighted by Gasteiger charge is -2.15. The van der Waals surface area contributed by atoms with E-state index in [9.17, 15) is 14.0 Å². The fraction of sp³-hybridized carbons (Fsp3) is 0.185. The molecular formula is C27H25FN2O3. The summed E-state index contributed by atoms with van der Waals surface area (Å²) in [6.07, 6.45) is 1.42. The molecule has 0 atom stereocenters. The van der Waals surface area contributed by atoms with Crippen LogP contribution in [0.3, 0.4) is 0 Å². The van der Waals surface area contributed by atoms with Crippen molar-refractivity contribution in [2.45, 2.75) is 19.8 Å². The molecular weight excluding hydrogens is 419 g/mol. The van der Waals surface area contributed by atoms with Gasteiger partial charge in [0.2, 0.25) is 0 Å². The van der Waals surface area contributed by atoms with Crippen molar-refractivity contribution in [3.63, 3.8) is 0 Å². The van der Waals surface area contributed by atoms with Crippen molar-refractivity contribution in [3.8, 4) is 5.75 Å². The summed E-state index contributed by atoms with van der Waals surface area (Å²) in [6, 6.07) is 22.5. The van der Waals surface area contributed by atoms with Crippen LogP contribution in [-0.2, 0) is 16.0 Å². The molecule has 2 amide bonds. The summed E-state index contributed by atoms with van der Waals surface area (Å²) in [5.74, 6) is -0.547. The maximum Gasteiger partial charge on any atom is 0.278 e. The summed E-state index contributed by atoms with van der Waals surface area (Å²) in [5, 5.41) is 3.12. The number of rotatable bonds is 9. The SMILES string of the molecule is CCCOc1cccc(NC2=C(c3ccc(F)cc3)C(=O)N(CCc3ccccc3)C2=O)c1. The Morgan fingerprint density at radius 2 is 1.67 bits per heavy atom. The highest BCUT2D eigenvalue weighted by Crippen LogP contribution is 2.31. The van der Waals surface area contributed by atoms with Gasteiger partial charge in [-0.1, -0.05) is 55.5 Å². The molecule has 0 aliphatic carbocycles. The largest absolute Gasteiger partial charge is 0.494 e. The Bertz CT molecular complexity index is 1170. The minimum Gasteiger partial charge on any atom is -0.494 e. The third-order valence-electron chi connectivity index (χ3n) is 5.34. The van der Waals surface area contributed by atoms with Crippen LogP contribution < -0.4 is 10.1 Å². The third-order valence-corrected chi connectivity index (χ3v) is 5.34. The van der Waals surface area contributed by atoms with Crippen LogP contribution in [0.2, 0.25) is 0 Å². The van der Waals surface area contributed by atoms with E-state index in [2.05, 4.69) is 5.32 Å². The average Bonchev–Trinajstić information content (AvgIpc) is 3.06. The molecule has 3 aromatic rings. The lowest BCUT2D eigenvalue weighted by Crippen LogP contribution is -2.34. The van der Waals surface area contributed by atoms with Gasteiger partial charge in [-0.05, 0) is 48.2 Å². The van der Waals surface area contributed by atoms with Gasteiger partial charge in [0.25, 0.3) is 11.8 Å². The second-order valence-corrected chi connectivity index (χ2v) is 7.76. The normalized spacial score (nSPS) is 13.6. The van der Waals surface area contributed by atoms with E-state index in [1.54, 1.807) is 12.1 Å². The molecule has 6 heteroatoms. The lowest BCUT2D eigenvalue weighted by atomic mass is 10.0. The number of benzene rings is 3. The number of nitrogens with zero attached hydrogens (tertiary/aromatic N) is 1. The van der Waals surface area contributed by atoms with Crippen LogP contribution in [0, 0.1) is 5.82 Å². The quantitative estimate of drug-likeness (QED) is 0.469. The van der Waals surface area contributed by atoms with Crippen molar-refractivity contribution < 1.29 is 18.7 Å². The number of hydrogen-bond acceptors (Lipinski definition) is 4. The summed E-state index contributed by atoms with van der Waals surface area (Å²) < 4.78 is 19.2. The number of hydrogen-bond donors (Lipinski definition) is 1. The monoisotopic (exact) mass is 444 g/mol. The van der Waals surface area contributed by atoms with Crippen molar-refractivity contribution >= 4 is 23.1 Å². The van der Waals surface area contributed by atoms with Gasteiger partial charge in [0.15, 0.2) is 0 Å². The van der Waals surface area contributed by atoms with Crippen LogP contribution in [0.4, 0.5) is 10.1 Å². The van der Waals surface area contributed by atoms with E-state index in [-0.39, 0.29) is 17.8 Å². The molecule has 1 aliphatic heterocycles. The minimum absolute atomic E-state index is 0.173. The van der Waals surface area contributed by atoms with Gasteiger partial charge in [-0.15, -0.1) is 0 Å². The van der Waals surface area contributed by atoms with Gasteiger partial charge in [0.1, 0.15) is 17.3 Å². The highest BCUT2D eigenvalue weighted by Gasteiger charge is 2.39. The third kappa shape index (κ3) is 5.12. The van der Waals surface area contributed by atoms with Crippen LogP contribution in [0.25, 0.3) is 5.57 Å². The van der Waals surface area contributed by atoms with E-state index >= 15 is 0 Å². The topological polar surface area (TPSA) is 58.6 Å². The van der Waals surface area contributed by atoms with E-state index < -0.39 is 17.6 Å². The maximum atomic E-state index is 13.5. The lowest BCUT2D eigenvalue weighted by molar-refractivity contribution is -0.136. The Labute approximate surface area is 192 Å². The van der Waals surface area contributed by atoms with Gasteiger partial charge in [-0.3, -0.25) is 14.5 Å². The van der Waals surface area contributed by atoms with Crippen LogP contribution in [0.1, 0.15) is 24.5 Å². The molecule has 1 aliphatic rings. The zero-order chi connectivity index (χ0) is 23.2. The van der Waals surface area contributed by atoms with E-state index in [1.165, 1.54) is 29.2 Å². The molecule has 1 heterocycles. The van der Waals surface area contributed by atoms with Crippen molar-refractivity contribution in [1.29, 1.82) is 0 Å². The summed E-state index contributed by atoms with van der Waals surface area (Å²) >= 11 is 0. The van der Waals surface area contributed by atoms with E-state index in [0.29, 0.717) is 30.0 Å². The fourth-order valence-electron chi connectivity index (χ4n) is 3.69. The number of carbonyl (C=O) groups is 2. The van der Waals surface area contributed by atoms with E-state index in [1.807, 2.05) is 49.4 Å². The van der Waals surface area contributed by atoms with E-state index in [0.717, 1.165) is 12.0 Å². The van der Waals surface area contributed by atoms with Gasteiger partial charge in [0, 0.05) is 18.3 Å². The molecule has 0 bridgehead atoms. The summed E-state index contributed by atoms with van der Waals surface area (Å²) in [4.78, 5) is 27.9. The predicted octanol–water partition coefficient (Wildman–Crippen LogP) is 5.05. The highest BCUT2D eigenvalue weighted by molar-refractivity contribution is 6.36. The molecule has 0 saturated carbocycles. The molecule has 0 unspecified atom stereocenters. The maximum absolute atomic E-state index is 13.5. The molecule has 33 heavy (non-hydrogen) atoms. The summed E-state index contributed by atoms with van der Waals surface area (Å²) in [5.41, 5.74) is 2.55. The van der Waals surface area contributed by atoms with Gasteiger partial charge in [0.05, 0.1) is 12.2 Å². The highest BCUT2D eigenvalue weighted by atomic mass is 19.1. The first-order valence-electron chi connectivity index (χ1n) is 11.0. The number of amides is 2. The second kappa shape index (κ2) is 10.1. The Balaban J connectivity index is 1.64. The Morgan fingerprint density at radius 3 is 2.39 bits per heavy atom. The second-order valence-electron chi connectivity index (χ2n) is 7.76. The number of carbonyl (C=O) groups excluding carboxylic acids is 2. The first-order valence-corrected chi connectivity index (χ1v) is 11.0. The molecule has 0 aromatic heterocycles. The molecule has 0 spiro atoms. The molecule has 0 radical (unpaired) electrons. The Hall–Kier alpha value is -3.93. The number of imide groups is 1. The molecule has 1 N–H and O–H groups in total. The van der Waals surface area contributed by atoms with Crippen LogP contribution in [0.15, 0.2) is 84.6 Å². The molecule has 0 saturated heterocycles. The Morgan fingerprint density at radius 1 is 0.909 bits per heavy atom. The minimum atomic E-state index is -0.410. The molecule has 168 valence electrons. The number of anilines is 1. The van der Waals surface area contributed by atoms with Crippen molar-refractivity contribution in [1.82, 2.24) is 4.90 Å². The summed E-state index contributed by atoms with van der Waals surface area (Å²) in [7, 11) is 0. The smallest absolute Gasteiger partial charge is 0.278 e. The van der Waals surface area contributed by atoms with Gasteiger partial charge in [-0.2, -0.15) is 0 Å². The average molecular weight is 445 g/mol. The van der Waals surface area contributed by atoms with Crippen LogP contribution in [0.5, 0.6) is 5.75 Å². The zero-order valence-electron chi connectivity index (χ0n) is 18.4. The fourth-order valence-corrected chi connectivity index (χ4v) is 3.69. The predicted molar refractivity (Wildman–Crippen MR) is 126 cm³/mol. The molecule has 3 aromatic carbocycles. The first kappa shape index (κ1) is 22.3. The van der Waals surface area contributed by atoms with Crippen molar-refractivity contribution in [3.05, 3.63) is 102 Å². The number of halogens is 1. The summed E-state index contributed by atoms with van der Waals surface area (Å²) in [6.45, 7) is 2.85. The zero-order valence-corrected chi connectivity index (χ0v) is 18.4. The first-order chi connectivity index (χ1) is 16.1. The van der Waals surface area contributed by atoms with E-state index in [4.69, 9.17) is 4.74 Å². The van der Waals surface area contributed by atoms with Crippen LogP contribution in [-0.4, -0.2) is 29.9 Å². The standard InChI is InChI=1S/C27H25FN2O3/c1-2-17-33-23-10-6-9-22(18-23)29-25-24(20-11-13-21(28)14-12-20)26(31)30(27(25)32)16-15-19-7-4-3-5-8-19/h3-14,18,29H,2,15-17H2,1H3. The molecule has 0 fully saturated rings. The van der Waals surface area contributed by atoms with Gasteiger partial charge >= 0.3 is 0 Å². The molecule has 5 nitrogen and oxygen atoms in total. The van der Waals surface area contributed by atoms with Gasteiger partial charge < -0.3 is 10.1 Å². The molecule has 4 rings (SSSR count). The van der Waals surface area contributed by atoms with Gasteiger partial charge in [-0.25, -0.2) is 4.39 Å². The van der Waals surface area contributed by atoms with Crippen molar-refractivity contribution in [2.75, 3.05) is 18.5 Å². The number of ether oxygens (including phenoxy) is 1. The number of nitrogens with one attached hydrogen (secondary N) is 1.